The van der Waals surface area contributed by atoms with E-state index in [1.54, 1.807) is 6.07 Å². The lowest BCUT2D eigenvalue weighted by atomic mass is 10.1. The highest BCUT2D eigenvalue weighted by Crippen LogP contribution is 2.22. The Morgan fingerprint density at radius 1 is 1.35 bits per heavy atom. The molecule has 0 aliphatic heterocycles. The Morgan fingerprint density at radius 3 is 2.75 bits per heavy atom. The molecule has 0 saturated carbocycles. The van der Waals surface area contributed by atoms with Crippen molar-refractivity contribution in [3.63, 3.8) is 0 Å². The van der Waals surface area contributed by atoms with Crippen molar-refractivity contribution in [2.24, 2.45) is 0 Å². The van der Waals surface area contributed by atoms with Crippen LogP contribution in [0, 0.1) is 19.7 Å². The summed E-state index contributed by atoms with van der Waals surface area (Å²) in [6.45, 7) is 7.36. The summed E-state index contributed by atoms with van der Waals surface area (Å²) in [5.41, 5.74) is 9.66. The fraction of sp³-hybridized carbons (Fsp3) is 0.400. The molecule has 2 rings (SSSR count). The molecule has 0 amide bonds. The molecule has 4 nitrogen and oxygen atoms in total. The van der Waals surface area contributed by atoms with Crippen molar-refractivity contribution in [1.29, 1.82) is 0 Å². The summed E-state index contributed by atoms with van der Waals surface area (Å²) in [5, 5.41) is 7.69. The number of anilines is 2. The maximum Gasteiger partial charge on any atom is 0.148 e. The molecule has 0 fully saturated rings. The molecule has 0 aliphatic rings. The number of hydrogen-bond acceptors (Lipinski definition) is 3. The van der Waals surface area contributed by atoms with Gasteiger partial charge in [0.2, 0.25) is 0 Å². The number of nitrogens with one attached hydrogen (secondary N) is 1. The van der Waals surface area contributed by atoms with Crippen LogP contribution in [0.5, 0.6) is 0 Å². The normalized spacial score (nSPS) is 10.8. The zero-order valence-electron chi connectivity index (χ0n) is 12.2. The molecule has 1 heterocycles. The van der Waals surface area contributed by atoms with Crippen LogP contribution in [0.25, 0.3) is 0 Å². The largest absolute Gasteiger partial charge is 0.394 e. The predicted octanol–water partition coefficient (Wildman–Crippen LogP) is 2.90. The minimum absolute atomic E-state index is 0.192. The van der Waals surface area contributed by atoms with E-state index in [1.165, 1.54) is 6.07 Å². The van der Waals surface area contributed by atoms with Crippen LogP contribution >= 0.6 is 0 Å². The number of benzene rings is 1. The van der Waals surface area contributed by atoms with Gasteiger partial charge in [0.15, 0.2) is 0 Å². The number of nitrogens with zero attached hydrogens (tertiary/aromatic N) is 2. The highest BCUT2D eigenvalue weighted by Gasteiger charge is 2.10. The van der Waals surface area contributed by atoms with Crippen LogP contribution in [0.3, 0.4) is 0 Å². The highest BCUT2D eigenvalue weighted by atomic mass is 19.1. The number of nitrogen functional groups attached to an aromatic ring is 1. The second-order valence-corrected chi connectivity index (χ2v) is 4.91. The summed E-state index contributed by atoms with van der Waals surface area (Å²) in [7, 11) is 0. The van der Waals surface area contributed by atoms with Gasteiger partial charge in [0, 0.05) is 13.1 Å². The third kappa shape index (κ3) is 2.92. The molecule has 0 aliphatic carbocycles. The molecule has 1 aromatic carbocycles. The van der Waals surface area contributed by atoms with E-state index in [0.717, 1.165) is 42.1 Å². The van der Waals surface area contributed by atoms with Gasteiger partial charge in [0.25, 0.3) is 0 Å². The Balaban J connectivity index is 2.03. The number of aromatic nitrogens is 2. The van der Waals surface area contributed by atoms with Gasteiger partial charge in [0.05, 0.1) is 11.4 Å². The average molecular weight is 276 g/mol. The summed E-state index contributed by atoms with van der Waals surface area (Å²) < 4.78 is 14.9. The first-order valence-electron chi connectivity index (χ1n) is 6.84. The third-order valence-corrected chi connectivity index (χ3v) is 3.46. The van der Waals surface area contributed by atoms with Gasteiger partial charge < -0.3 is 11.1 Å². The molecule has 0 spiro atoms. The van der Waals surface area contributed by atoms with Crippen molar-refractivity contribution in [3.05, 3.63) is 40.8 Å². The molecular formula is C15H21FN4. The maximum absolute atomic E-state index is 13.0. The summed E-state index contributed by atoms with van der Waals surface area (Å²) in [6, 6.07) is 4.89. The van der Waals surface area contributed by atoms with Crippen LogP contribution in [0.1, 0.15) is 23.7 Å². The Hall–Kier alpha value is -2.04. The molecule has 2 aromatic rings. The molecule has 3 N–H and O–H groups in total. The first kappa shape index (κ1) is 14.4. The molecule has 5 heteroatoms. The van der Waals surface area contributed by atoms with Crippen molar-refractivity contribution in [3.8, 4) is 0 Å². The van der Waals surface area contributed by atoms with E-state index in [-0.39, 0.29) is 5.82 Å². The van der Waals surface area contributed by atoms with Crippen LogP contribution in [0.15, 0.2) is 18.2 Å². The van der Waals surface area contributed by atoms with Crippen LogP contribution in [0.4, 0.5) is 15.9 Å². The van der Waals surface area contributed by atoms with Crippen molar-refractivity contribution < 1.29 is 4.39 Å². The first-order valence-corrected chi connectivity index (χ1v) is 6.84. The summed E-state index contributed by atoms with van der Waals surface area (Å²) in [4.78, 5) is 0. The lowest BCUT2D eigenvalue weighted by molar-refractivity contribution is 0.625. The summed E-state index contributed by atoms with van der Waals surface area (Å²) in [5.74, 6) is 0.674. The lowest BCUT2D eigenvalue weighted by Gasteiger charge is -2.10. The van der Waals surface area contributed by atoms with E-state index in [9.17, 15) is 4.39 Å². The molecule has 20 heavy (non-hydrogen) atoms. The number of halogens is 1. The molecule has 0 radical (unpaired) electrons. The van der Waals surface area contributed by atoms with Crippen LogP contribution in [0.2, 0.25) is 0 Å². The van der Waals surface area contributed by atoms with Gasteiger partial charge in [0.1, 0.15) is 11.6 Å². The monoisotopic (exact) mass is 276 g/mol. The number of nitrogens with two attached hydrogens (primary N) is 1. The van der Waals surface area contributed by atoms with E-state index >= 15 is 0 Å². The van der Waals surface area contributed by atoms with Crippen LogP contribution < -0.4 is 11.1 Å². The first-order chi connectivity index (χ1) is 9.52. The number of aryl methyl sites for hydroxylation is 3. The SMILES string of the molecule is CCn1nc(C)c(N)c1NCCc1ccc(F)cc1C. The zero-order valence-corrected chi connectivity index (χ0v) is 12.2. The van der Waals surface area contributed by atoms with Crippen molar-refractivity contribution >= 4 is 11.5 Å². The van der Waals surface area contributed by atoms with Crippen molar-refractivity contribution in [2.45, 2.75) is 33.7 Å². The Labute approximate surface area is 118 Å². The Kier molecular flexibility index (Phi) is 4.27. The van der Waals surface area contributed by atoms with E-state index in [1.807, 2.05) is 31.5 Å². The van der Waals surface area contributed by atoms with Crippen LogP contribution in [-0.4, -0.2) is 16.3 Å². The van der Waals surface area contributed by atoms with E-state index < -0.39 is 0 Å². The summed E-state index contributed by atoms with van der Waals surface area (Å²) >= 11 is 0. The fourth-order valence-electron chi connectivity index (χ4n) is 2.27. The second kappa shape index (κ2) is 5.94. The number of hydrogen-bond donors (Lipinski definition) is 2. The Morgan fingerprint density at radius 2 is 2.10 bits per heavy atom. The second-order valence-electron chi connectivity index (χ2n) is 4.91. The quantitative estimate of drug-likeness (QED) is 0.883. The zero-order chi connectivity index (χ0) is 14.7. The maximum atomic E-state index is 13.0. The predicted molar refractivity (Wildman–Crippen MR) is 80.4 cm³/mol. The Bertz CT molecular complexity index is 604. The standard InChI is InChI=1S/C15H21FN4/c1-4-20-15(14(17)11(3)19-20)18-8-7-12-5-6-13(16)9-10(12)2/h5-6,9,18H,4,7-8,17H2,1-3H3. The van der Waals surface area contributed by atoms with E-state index in [4.69, 9.17) is 5.73 Å². The molecular weight excluding hydrogens is 255 g/mol. The highest BCUT2D eigenvalue weighted by molar-refractivity contribution is 5.64. The molecule has 1 aromatic heterocycles. The van der Waals surface area contributed by atoms with Gasteiger partial charge in [-0.05, 0) is 50.5 Å². The van der Waals surface area contributed by atoms with Crippen LogP contribution in [-0.2, 0) is 13.0 Å². The lowest BCUT2D eigenvalue weighted by Crippen LogP contribution is -2.11. The van der Waals surface area contributed by atoms with Gasteiger partial charge in [-0.25, -0.2) is 9.07 Å². The minimum Gasteiger partial charge on any atom is -0.394 e. The van der Waals surface area contributed by atoms with Crippen molar-refractivity contribution in [1.82, 2.24) is 9.78 Å². The van der Waals surface area contributed by atoms with Gasteiger partial charge in [-0.2, -0.15) is 5.10 Å². The molecule has 0 bridgehead atoms. The smallest absolute Gasteiger partial charge is 0.148 e. The van der Waals surface area contributed by atoms with Gasteiger partial charge >= 0.3 is 0 Å². The average Bonchev–Trinajstić information content (AvgIpc) is 2.68. The third-order valence-electron chi connectivity index (χ3n) is 3.46. The van der Waals surface area contributed by atoms with Gasteiger partial charge in [-0.3, -0.25) is 0 Å². The summed E-state index contributed by atoms with van der Waals surface area (Å²) in [6.07, 6.45) is 0.819. The molecule has 0 unspecified atom stereocenters. The molecule has 0 saturated heterocycles. The number of rotatable bonds is 5. The topological polar surface area (TPSA) is 55.9 Å². The fourth-order valence-corrected chi connectivity index (χ4v) is 2.27. The van der Waals surface area contributed by atoms with E-state index in [0.29, 0.717) is 5.69 Å². The van der Waals surface area contributed by atoms with E-state index in [2.05, 4.69) is 10.4 Å². The molecule has 108 valence electrons. The van der Waals surface area contributed by atoms with Gasteiger partial charge in [-0.1, -0.05) is 6.07 Å². The minimum atomic E-state index is -0.192. The van der Waals surface area contributed by atoms with Crippen molar-refractivity contribution in [2.75, 3.05) is 17.6 Å². The molecule has 0 atom stereocenters. The van der Waals surface area contributed by atoms with Gasteiger partial charge in [-0.15, -0.1) is 0 Å².